The Hall–Kier alpha value is -2.76. The van der Waals surface area contributed by atoms with E-state index >= 15 is 0 Å². The highest BCUT2D eigenvalue weighted by atomic mass is 16.2. The van der Waals surface area contributed by atoms with Crippen LogP contribution in [0.4, 0.5) is 5.82 Å². The average molecular weight is 310 g/mol. The minimum atomic E-state index is -0.566. The highest BCUT2D eigenvalue weighted by molar-refractivity contribution is 6.07. The number of nitrogens with zero attached hydrogens (tertiary/aromatic N) is 3. The summed E-state index contributed by atoms with van der Waals surface area (Å²) < 4.78 is 0. The lowest BCUT2D eigenvalue weighted by atomic mass is 10.2. The molecule has 3 rings (SSSR count). The third-order valence-electron chi connectivity index (χ3n) is 3.71. The largest absolute Gasteiger partial charge is 0.358 e. The maximum atomic E-state index is 12.3. The van der Waals surface area contributed by atoms with Crippen LogP contribution in [0.1, 0.15) is 20.3 Å². The van der Waals surface area contributed by atoms with Crippen molar-refractivity contribution in [1.29, 1.82) is 0 Å². The Morgan fingerprint density at radius 2 is 1.91 bits per heavy atom. The molecule has 1 aliphatic rings. The molecule has 1 aliphatic heterocycles. The van der Waals surface area contributed by atoms with Crippen molar-refractivity contribution in [2.75, 3.05) is 5.32 Å². The van der Waals surface area contributed by atoms with Crippen LogP contribution in [0.25, 0.3) is 11.4 Å². The van der Waals surface area contributed by atoms with Crippen LogP contribution in [-0.2, 0) is 9.59 Å². The first-order valence-electron chi connectivity index (χ1n) is 7.57. The fourth-order valence-corrected chi connectivity index (χ4v) is 2.65. The van der Waals surface area contributed by atoms with Crippen molar-refractivity contribution in [2.24, 2.45) is 0 Å². The van der Waals surface area contributed by atoms with Gasteiger partial charge in [0.25, 0.3) is 5.91 Å². The number of nitrogens with one attached hydrogen (secondary N) is 1. The van der Waals surface area contributed by atoms with Gasteiger partial charge < -0.3 is 5.32 Å². The number of imide groups is 1. The molecule has 0 aliphatic carbocycles. The molecule has 0 bridgehead atoms. The Labute approximate surface area is 134 Å². The SMILES string of the molecule is CC(C)N1C(=O)CC(Nc2ccnc(-c3ccccc3)n2)C1=O. The van der Waals surface area contributed by atoms with E-state index in [1.54, 1.807) is 12.3 Å². The van der Waals surface area contributed by atoms with Gasteiger partial charge in [-0.3, -0.25) is 14.5 Å². The minimum Gasteiger partial charge on any atom is -0.358 e. The first-order chi connectivity index (χ1) is 11.1. The van der Waals surface area contributed by atoms with E-state index in [1.807, 2.05) is 44.2 Å². The molecule has 1 N–H and O–H groups in total. The third kappa shape index (κ3) is 3.06. The van der Waals surface area contributed by atoms with Gasteiger partial charge in [0.1, 0.15) is 11.9 Å². The quantitative estimate of drug-likeness (QED) is 0.875. The zero-order valence-corrected chi connectivity index (χ0v) is 13.1. The lowest BCUT2D eigenvalue weighted by molar-refractivity contribution is -0.140. The van der Waals surface area contributed by atoms with Crippen LogP contribution in [-0.4, -0.2) is 38.8 Å². The zero-order chi connectivity index (χ0) is 16.4. The van der Waals surface area contributed by atoms with Crippen molar-refractivity contribution in [3.8, 4) is 11.4 Å². The van der Waals surface area contributed by atoms with Crippen LogP contribution in [0.15, 0.2) is 42.6 Å². The number of hydrogen-bond acceptors (Lipinski definition) is 5. The second-order valence-corrected chi connectivity index (χ2v) is 5.73. The van der Waals surface area contributed by atoms with Gasteiger partial charge in [-0.25, -0.2) is 9.97 Å². The molecule has 0 saturated carbocycles. The van der Waals surface area contributed by atoms with Crippen LogP contribution in [0.5, 0.6) is 0 Å². The number of hydrogen-bond donors (Lipinski definition) is 1. The van der Waals surface area contributed by atoms with E-state index in [4.69, 9.17) is 0 Å². The zero-order valence-electron chi connectivity index (χ0n) is 13.1. The summed E-state index contributed by atoms with van der Waals surface area (Å²) in [5.74, 6) is 0.758. The molecule has 1 aromatic carbocycles. The normalized spacial score (nSPS) is 17.9. The second-order valence-electron chi connectivity index (χ2n) is 5.73. The van der Waals surface area contributed by atoms with Crippen LogP contribution in [0, 0.1) is 0 Å². The van der Waals surface area contributed by atoms with Gasteiger partial charge in [-0.15, -0.1) is 0 Å². The summed E-state index contributed by atoms with van der Waals surface area (Å²) in [6.45, 7) is 3.66. The summed E-state index contributed by atoms with van der Waals surface area (Å²) in [6.07, 6.45) is 1.79. The summed E-state index contributed by atoms with van der Waals surface area (Å²) in [6, 6.07) is 10.6. The maximum absolute atomic E-state index is 12.3. The van der Waals surface area contributed by atoms with E-state index in [-0.39, 0.29) is 24.3 Å². The summed E-state index contributed by atoms with van der Waals surface area (Å²) in [4.78, 5) is 34.2. The molecule has 2 heterocycles. The molecule has 1 saturated heterocycles. The van der Waals surface area contributed by atoms with E-state index in [0.717, 1.165) is 5.56 Å². The summed E-state index contributed by atoms with van der Waals surface area (Å²) >= 11 is 0. The number of carbonyl (C=O) groups excluding carboxylic acids is 2. The fraction of sp³-hybridized carbons (Fsp3) is 0.294. The maximum Gasteiger partial charge on any atom is 0.252 e. The standard InChI is InChI=1S/C17H18N4O2/c1-11(2)21-15(22)10-13(17(21)23)19-14-8-9-18-16(20-14)12-6-4-3-5-7-12/h3-9,11,13H,10H2,1-2H3,(H,18,19,20). The van der Waals surface area contributed by atoms with Crippen LogP contribution < -0.4 is 5.32 Å². The van der Waals surface area contributed by atoms with E-state index in [9.17, 15) is 9.59 Å². The van der Waals surface area contributed by atoms with Gasteiger partial charge >= 0.3 is 0 Å². The fourth-order valence-electron chi connectivity index (χ4n) is 2.65. The molecule has 0 radical (unpaired) electrons. The molecule has 23 heavy (non-hydrogen) atoms. The van der Waals surface area contributed by atoms with E-state index in [2.05, 4.69) is 15.3 Å². The van der Waals surface area contributed by atoms with Crippen molar-refractivity contribution in [1.82, 2.24) is 14.9 Å². The number of amides is 2. The molecule has 1 fully saturated rings. The highest BCUT2D eigenvalue weighted by Crippen LogP contribution is 2.21. The Morgan fingerprint density at radius 1 is 1.17 bits per heavy atom. The summed E-state index contributed by atoms with van der Waals surface area (Å²) in [7, 11) is 0. The number of benzene rings is 1. The lowest BCUT2D eigenvalue weighted by Crippen LogP contribution is -2.39. The van der Waals surface area contributed by atoms with Crippen LogP contribution in [0.3, 0.4) is 0 Å². The van der Waals surface area contributed by atoms with Crippen molar-refractivity contribution in [2.45, 2.75) is 32.4 Å². The van der Waals surface area contributed by atoms with Gasteiger partial charge in [0.2, 0.25) is 5.91 Å². The van der Waals surface area contributed by atoms with Gasteiger partial charge in [-0.1, -0.05) is 30.3 Å². The molecule has 1 aromatic heterocycles. The van der Waals surface area contributed by atoms with E-state index < -0.39 is 6.04 Å². The number of likely N-dealkylation sites (tertiary alicyclic amines) is 1. The number of rotatable bonds is 4. The van der Waals surface area contributed by atoms with Crippen molar-refractivity contribution in [3.63, 3.8) is 0 Å². The van der Waals surface area contributed by atoms with E-state index in [0.29, 0.717) is 11.6 Å². The van der Waals surface area contributed by atoms with E-state index in [1.165, 1.54) is 4.90 Å². The monoisotopic (exact) mass is 310 g/mol. The van der Waals surface area contributed by atoms with Crippen molar-refractivity contribution >= 4 is 17.6 Å². The molecule has 118 valence electrons. The van der Waals surface area contributed by atoms with Gasteiger partial charge in [-0.05, 0) is 19.9 Å². The first kappa shape index (κ1) is 15.1. The molecule has 1 unspecified atom stereocenters. The van der Waals surface area contributed by atoms with Crippen LogP contribution >= 0.6 is 0 Å². The van der Waals surface area contributed by atoms with Crippen LogP contribution in [0.2, 0.25) is 0 Å². The predicted octanol–water partition coefficient (Wildman–Crippen LogP) is 2.09. The summed E-state index contributed by atoms with van der Waals surface area (Å²) in [5.41, 5.74) is 0.897. The molecule has 2 amide bonds. The molecular formula is C17H18N4O2. The van der Waals surface area contributed by atoms with Gasteiger partial charge in [-0.2, -0.15) is 0 Å². The average Bonchev–Trinajstić information content (AvgIpc) is 2.82. The number of anilines is 1. The smallest absolute Gasteiger partial charge is 0.252 e. The Kier molecular flexibility index (Phi) is 4.06. The van der Waals surface area contributed by atoms with Gasteiger partial charge in [0.15, 0.2) is 5.82 Å². The minimum absolute atomic E-state index is 0.132. The topological polar surface area (TPSA) is 75.2 Å². The lowest BCUT2D eigenvalue weighted by Gasteiger charge is -2.19. The predicted molar refractivity (Wildman–Crippen MR) is 86.5 cm³/mol. The third-order valence-corrected chi connectivity index (χ3v) is 3.71. The summed E-state index contributed by atoms with van der Waals surface area (Å²) in [5, 5.41) is 3.05. The Balaban J connectivity index is 1.79. The van der Waals surface area contributed by atoms with Crippen molar-refractivity contribution in [3.05, 3.63) is 42.6 Å². The number of carbonyl (C=O) groups is 2. The molecule has 0 spiro atoms. The molecule has 6 heteroatoms. The number of aromatic nitrogens is 2. The van der Waals surface area contributed by atoms with Gasteiger partial charge in [0, 0.05) is 17.8 Å². The first-order valence-corrected chi connectivity index (χ1v) is 7.57. The highest BCUT2D eigenvalue weighted by Gasteiger charge is 2.40. The molecule has 2 aromatic rings. The Morgan fingerprint density at radius 3 is 2.57 bits per heavy atom. The second kappa shape index (κ2) is 6.16. The molecule has 6 nitrogen and oxygen atoms in total. The molecular weight excluding hydrogens is 292 g/mol. The Bertz CT molecular complexity index is 730. The van der Waals surface area contributed by atoms with Gasteiger partial charge in [0.05, 0.1) is 6.42 Å². The molecule has 1 atom stereocenters. The van der Waals surface area contributed by atoms with Crippen molar-refractivity contribution < 1.29 is 9.59 Å².